The van der Waals surface area contributed by atoms with Gasteiger partial charge in [-0.25, -0.2) is 4.98 Å². The van der Waals surface area contributed by atoms with Gasteiger partial charge >= 0.3 is 0 Å². The minimum atomic E-state index is 0.131. The fourth-order valence-electron chi connectivity index (χ4n) is 5.14. The highest BCUT2D eigenvalue weighted by molar-refractivity contribution is 5.74. The highest BCUT2D eigenvalue weighted by Crippen LogP contribution is 2.34. The molecule has 0 saturated carbocycles. The molecule has 1 saturated heterocycles. The first-order valence-corrected chi connectivity index (χ1v) is 11.8. The second-order valence-corrected chi connectivity index (χ2v) is 9.07. The van der Waals surface area contributed by atoms with Crippen LogP contribution in [0.2, 0.25) is 0 Å². The molecule has 1 aromatic carbocycles. The Bertz CT molecular complexity index is 1160. The summed E-state index contributed by atoms with van der Waals surface area (Å²) >= 11 is 0. The summed E-state index contributed by atoms with van der Waals surface area (Å²) in [6.45, 7) is 3.82. The molecule has 2 aromatic heterocycles. The van der Waals surface area contributed by atoms with E-state index in [-0.39, 0.29) is 11.8 Å². The number of benzene rings is 1. The lowest BCUT2D eigenvalue weighted by Crippen LogP contribution is -2.25. The van der Waals surface area contributed by atoms with Gasteiger partial charge < -0.3 is 15.0 Å². The molecule has 7 nitrogen and oxygen atoms in total. The normalized spacial score (nSPS) is 17.6. The second-order valence-electron chi connectivity index (χ2n) is 9.07. The van der Waals surface area contributed by atoms with Crippen molar-refractivity contribution in [3.8, 4) is 16.9 Å². The van der Waals surface area contributed by atoms with Gasteiger partial charge in [-0.15, -0.1) is 0 Å². The zero-order valence-electron chi connectivity index (χ0n) is 19.4. The zero-order chi connectivity index (χ0) is 22.8. The van der Waals surface area contributed by atoms with Gasteiger partial charge in [0.15, 0.2) is 0 Å². The van der Waals surface area contributed by atoms with E-state index >= 15 is 0 Å². The quantitative estimate of drug-likeness (QED) is 0.591. The number of H-pyrrole nitrogens is 1. The number of aryl methyl sites for hydroxylation is 2. The van der Waals surface area contributed by atoms with E-state index in [1.807, 2.05) is 23.4 Å². The van der Waals surface area contributed by atoms with E-state index < -0.39 is 0 Å². The number of carbonyl (C=O) groups is 1. The van der Waals surface area contributed by atoms with Crippen molar-refractivity contribution in [2.45, 2.75) is 51.5 Å². The van der Waals surface area contributed by atoms with Gasteiger partial charge in [-0.05, 0) is 67.0 Å². The molecule has 1 aliphatic carbocycles. The predicted molar refractivity (Wildman–Crippen MR) is 128 cm³/mol. The number of pyridine rings is 1. The number of aromatic amines is 1. The van der Waals surface area contributed by atoms with Crippen LogP contribution in [0.25, 0.3) is 11.1 Å². The Kier molecular flexibility index (Phi) is 6.03. The van der Waals surface area contributed by atoms with E-state index in [2.05, 4.69) is 38.7 Å². The lowest BCUT2D eigenvalue weighted by molar-refractivity contribution is -0.127. The number of amides is 1. The van der Waals surface area contributed by atoms with Crippen LogP contribution >= 0.6 is 0 Å². The van der Waals surface area contributed by atoms with Crippen molar-refractivity contribution < 1.29 is 9.53 Å². The van der Waals surface area contributed by atoms with Crippen LogP contribution in [0, 0.1) is 0 Å². The SMILES string of the molecule is COc1cc2c(cc1CNc1cc(-c3cn[nH]c3[C@@H]3CCN(C(C)=O)C3)ccn1)CCCC2. The minimum absolute atomic E-state index is 0.131. The third kappa shape index (κ3) is 4.45. The van der Waals surface area contributed by atoms with Crippen LogP contribution in [0.3, 0.4) is 0 Å². The number of ether oxygens (including phenoxy) is 1. The molecule has 1 atom stereocenters. The van der Waals surface area contributed by atoms with E-state index in [1.54, 1.807) is 14.0 Å². The van der Waals surface area contributed by atoms with E-state index in [9.17, 15) is 4.79 Å². The first-order chi connectivity index (χ1) is 16.1. The fourth-order valence-corrected chi connectivity index (χ4v) is 5.14. The number of nitrogens with zero attached hydrogens (tertiary/aromatic N) is 3. The summed E-state index contributed by atoms with van der Waals surface area (Å²) in [5.74, 6) is 2.16. The van der Waals surface area contributed by atoms with Crippen LogP contribution in [0.1, 0.15) is 54.5 Å². The maximum absolute atomic E-state index is 11.7. The number of rotatable bonds is 6. The van der Waals surface area contributed by atoms with Crippen LogP contribution in [-0.4, -0.2) is 46.2 Å². The van der Waals surface area contributed by atoms with E-state index in [1.165, 1.54) is 24.0 Å². The number of aromatic nitrogens is 3. The largest absolute Gasteiger partial charge is 0.496 e. The van der Waals surface area contributed by atoms with Gasteiger partial charge in [-0.1, -0.05) is 6.07 Å². The van der Waals surface area contributed by atoms with Crippen molar-refractivity contribution in [3.63, 3.8) is 0 Å². The standard InChI is InChI=1S/C26H31N5O2/c1-17(32)31-10-8-21(16-31)26-23(15-29-30-26)20-7-9-27-25(13-20)28-14-22-11-18-5-3-4-6-19(18)12-24(22)33-2/h7,9,11-13,15,21H,3-6,8,10,14,16H2,1-2H3,(H,27,28)(H,29,30)/t21-/m1/s1. The molecule has 2 N–H and O–H groups in total. The van der Waals surface area contributed by atoms with Crippen molar-refractivity contribution in [2.24, 2.45) is 0 Å². The smallest absolute Gasteiger partial charge is 0.219 e. The molecule has 1 fully saturated rings. The molecule has 5 rings (SSSR count). The average Bonchev–Trinajstić information content (AvgIpc) is 3.52. The fraction of sp³-hybridized carbons (Fsp3) is 0.423. The van der Waals surface area contributed by atoms with E-state index in [0.717, 1.165) is 66.3 Å². The summed E-state index contributed by atoms with van der Waals surface area (Å²) in [7, 11) is 1.74. The number of nitrogens with one attached hydrogen (secondary N) is 2. The van der Waals surface area contributed by atoms with Gasteiger partial charge in [0.2, 0.25) is 5.91 Å². The molecule has 7 heteroatoms. The Morgan fingerprint density at radius 3 is 2.82 bits per heavy atom. The van der Waals surface area contributed by atoms with Crippen molar-refractivity contribution in [3.05, 3.63) is 59.0 Å². The topological polar surface area (TPSA) is 83.1 Å². The Balaban J connectivity index is 1.33. The third-order valence-electron chi connectivity index (χ3n) is 6.99. The van der Waals surface area contributed by atoms with Gasteiger partial charge in [-0.2, -0.15) is 5.10 Å². The number of hydrogen-bond acceptors (Lipinski definition) is 5. The lowest BCUT2D eigenvalue weighted by Gasteiger charge is -2.19. The highest BCUT2D eigenvalue weighted by Gasteiger charge is 2.28. The zero-order valence-corrected chi connectivity index (χ0v) is 19.4. The number of hydrogen-bond donors (Lipinski definition) is 2. The Morgan fingerprint density at radius 2 is 2.06 bits per heavy atom. The maximum Gasteiger partial charge on any atom is 0.219 e. The van der Waals surface area contributed by atoms with Crippen molar-refractivity contribution in [2.75, 3.05) is 25.5 Å². The monoisotopic (exact) mass is 445 g/mol. The Labute approximate surface area is 194 Å². The van der Waals surface area contributed by atoms with Gasteiger partial charge in [-0.3, -0.25) is 9.89 Å². The predicted octanol–water partition coefficient (Wildman–Crippen LogP) is 4.31. The van der Waals surface area contributed by atoms with E-state index in [4.69, 9.17) is 4.74 Å². The van der Waals surface area contributed by atoms with Crippen LogP contribution in [-0.2, 0) is 24.2 Å². The van der Waals surface area contributed by atoms with Gasteiger partial charge in [0, 0.05) is 55.5 Å². The van der Waals surface area contributed by atoms with Crippen molar-refractivity contribution >= 4 is 11.7 Å². The highest BCUT2D eigenvalue weighted by atomic mass is 16.5. The van der Waals surface area contributed by atoms with Gasteiger partial charge in [0.05, 0.1) is 13.3 Å². The van der Waals surface area contributed by atoms with Crippen LogP contribution < -0.4 is 10.1 Å². The summed E-state index contributed by atoms with van der Waals surface area (Å²) in [4.78, 5) is 18.2. The number of likely N-dealkylation sites (tertiary alicyclic amines) is 1. The molecular weight excluding hydrogens is 414 g/mol. The molecule has 0 radical (unpaired) electrons. The van der Waals surface area contributed by atoms with Gasteiger partial charge in [0.1, 0.15) is 11.6 Å². The molecule has 33 heavy (non-hydrogen) atoms. The molecule has 3 heterocycles. The first kappa shape index (κ1) is 21.5. The summed E-state index contributed by atoms with van der Waals surface area (Å²) in [5.41, 5.74) is 7.25. The van der Waals surface area contributed by atoms with Crippen LogP contribution in [0.5, 0.6) is 5.75 Å². The molecule has 0 bridgehead atoms. The first-order valence-electron chi connectivity index (χ1n) is 11.8. The number of anilines is 1. The third-order valence-corrected chi connectivity index (χ3v) is 6.99. The summed E-state index contributed by atoms with van der Waals surface area (Å²) < 4.78 is 5.68. The van der Waals surface area contributed by atoms with Crippen LogP contribution in [0.4, 0.5) is 5.82 Å². The minimum Gasteiger partial charge on any atom is -0.496 e. The molecule has 2 aliphatic rings. The average molecular weight is 446 g/mol. The molecular formula is C26H31N5O2. The Morgan fingerprint density at radius 1 is 1.24 bits per heavy atom. The molecule has 172 valence electrons. The molecule has 1 amide bonds. The van der Waals surface area contributed by atoms with Crippen LogP contribution in [0.15, 0.2) is 36.7 Å². The second kappa shape index (κ2) is 9.25. The van der Waals surface area contributed by atoms with Gasteiger partial charge in [0.25, 0.3) is 0 Å². The maximum atomic E-state index is 11.7. The van der Waals surface area contributed by atoms with E-state index in [0.29, 0.717) is 6.54 Å². The summed E-state index contributed by atoms with van der Waals surface area (Å²) in [6, 6.07) is 8.58. The van der Waals surface area contributed by atoms with Crippen molar-refractivity contribution in [1.29, 1.82) is 0 Å². The number of methoxy groups -OCH3 is 1. The molecule has 3 aromatic rings. The summed E-state index contributed by atoms with van der Waals surface area (Å²) in [5, 5.41) is 11.0. The molecule has 0 unspecified atom stereocenters. The molecule has 0 spiro atoms. The number of fused-ring (bicyclic) bond motifs is 1. The molecule has 1 aliphatic heterocycles. The Hall–Kier alpha value is -3.35. The number of carbonyl (C=O) groups excluding carboxylic acids is 1. The summed E-state index contributed by atoms with van der Waals surface area (Å²) in [6.07, 6.45) is 9.45. The van der Waals surface area contributed by atoms with Crippen molar-refractivity contribution in [1.82, 2.24) is 20.1 Å². The lowest BCUT2D eigenvalue weighted by atomic mass is 9.90.